The third-order valence-corrected chi connectivity index (χ3v) is 8.25. The number of nitrogen functional groups attached to an aromatic ring is 2. The van der Waals surface area contributed by atoms with Crippen molar-refractivity contribution < 1.29 is 33.6 Å². The zero-order chi connectivity index (χ0) is 28.2. The van der Waals surface area contributed by atoms with Crippen LogP contribution in [0.2, 0.25) is 0 Å². The summed E-state index contributed by atoms with van der Waals surface area (Å²) in [4.78, 5) is 37.6. The predicted octanol–water partition coefficient (Wildman–Crippen LogP) is -1.33. The van der Waals surface area contributed by atoms with Crippen molar-refractivity contribution in [1.29, 1.82) is 0 Å². The van der Waals surface area contributed by atoms with E-state index in [1.54, 1.807) is 16.8 Å². The van der Waals surface area contributed by atoms with Crippen molar-refractivity contribution in [3.8, 4) is 0 Å². The largest absolute Gasteiger partial charge is 0.394 e. The molecule has 0 aliphatic carbocycles. The minimum absolute atomic E-state index is 0.0173. The number of hydrogen-bond donors (Lipinski definition) is 6. The molecule has 0 amide bonds. The lowest BCUT2D eigenvalue weighted by Gasteiger charge is -2.25. The molecule has 214 valence electrons. The molecular formula is C20H25N10O8PS. The van der Waals surface area contributed by atoms with Gasteiger partial charge in [0.15, 0.2) is 17.4 Å². The van der Waals surface area contributed by atoms with Gasteiger partial charge in [0.2, 0.25) is 5.95 Å². The van der Waals surface area contributed by atoms with E-state index in [1.165, 1.54) is 11.0 Å². The van der Waals surface area contributed by atoms with Crippen LogP contribution in [-0.2, 0) is 30.3 Å². The molecule has 7 atom stereocenters. The van der Waals surface area contributed by atoms with Gasteiger partial charge in [-0.3, -0.25) is 9.78 Å². The van der Waals surface area contributed by atoms with E-state index in [0.29, 0.717) is 16.9 Å². The van der Waals surface area contributed by atoms with Crippen LogP contribution >= 0.6 is 6.72 Å². The van der Waals surface area contributed by atoms with Gasteiger partial charge in [0.1, 0.15) is 36.2 Å². The molecule has 1 unspecified atom stereocenters. The van der Waals surface area contributed by atoms with Crippen molar-refractivity contribution in [2.24, 2.45) is 0 Å². The molecule has 8 N–H and O–H groups in total. The minimum Gasteiger partial charge on any atom is -0.394 e. The Morgan fingerprint density at radius 3 is 2.88 bits per heavy atom. The first-order valence-electron chi connectivity index (χ1n) is 12.1. The lowest BCUT2D eigenvalue weighted by atomic mass is 10.2. The molecule has 6 rings (SSSR count). The molecule has 0 aromatic carbocycles. The van der Waals surface area contributed by atoms with Crippen LogP contribution in [-0.4, -0.2) is 92.2 Å². The van der Waals surface area contributed by atoms with Gasteiger partial charge in [-0.1, -0.05) is 5.21 Å². The third kappa shape index (κ3) is 4.95. The summed E-state index contributed by atoms with van der Waals surface area (Å²) in [5.41, 5.74) is 11.4. The Morgan fingerprint density at radius 2 is 2.08 bits per heavy atom. The van der Waals surface area contributed by atoms with Crippen LogP contribution in [0.4, 0.5) is 11.8 Å². The number of anilines is 2. The SMILES string of the molecule is Nc1nc2c(nnn2[C@@H]2O[C@H](CO)C[C@H]2OP(O)(=S)OC[C@H]2O[C@@H](n3ccc4c(N)ncnc43)C[C@@H]2O)c(=O)[nH]1. The quantitative estimate of drug-likeness (QED) is 0.129. The van der Waals surface area contributed by atoms with E-state index in [0.717, 1.165) is 0 Å². The van der Waals surface area contributed by atoms with Gasteiger partial charge in [-0.2, -0.15) is 9.67 Å². The number of nitrogens with zero attached hydrogens (tertiary/aromatic N) is 7. The number of ether oxygens (including phenoxy) is 2. The highest BCUT2D eigenvalue weighted by atomic mass is 32.5. The first-order valence-corrected chi connectivity index (χ1v) is 14.7. The molecule has 4 aromatic heterocycles. The van der Waals surface area contributed by atoms with Crippen LogP contribution < -0.4 is 17.0 Å². The number of H-pyrrole nitrogens is 1. The Balaban J connectivity index is 1.15. The van der Waals surface area contributed by atoms with E-state index in [1.807, 2.05) is 0 Å². The number of aliphatic hydroxyl groups is 2. The average molecular weight is 597 g/mol. The molecule has 2 aliphatic heterocycles. The van der Waals surface area contributed by atoms with Gasteiger partial charge < -0.3 is 49.7 Å². The third-order valence-electron chi connectivity index (χ3n) is 6.67. The van der Waals surface area contributed by atoms with E-state index < -0.39 is 49.1 Å². The number of nitrogens with two attached hydrogens (primary N) is 2. The van der Waals surface area contributed by atoms with Gasteiger partial charge in [-0.15, -0.1) is 5.10 Å². The standard InChI is InChI=1S/C20H25N10O8PS/c21-15-9-1-2-29(16(9)24-7-23-15)13-4-10(32)12(37-13)6-35-39(34,40)38-11-3-8(5-31)36-19(11)30-17-14(27-28-30)18(33)26-20(22)25-17/h1-2,7-8,10-13,19,31-32H,3-6H2,(H,34,40)(H2,21,23,24)(H3,22,25,26,33)/t8-,10-,11+,12+,13+,19+,39?/m0/s1. The summed E-state index contributed by atoms with van der Waals surface area (Å²) in [5, 5.41) is 28.7. The van der Waals surface area contributed by atoms with Crippen LogP contribution in [0.5, 0.6) is 0 Å². The molecule has 2 aliphatic rings. The monoisotopic (exact) mass is 596 g/mol. The zero-order valence-electron chi connectivity index (χ0n) is 20.5. The van der Waals surface area contributed by atoms with Crippen LogP contribution in [0.15, 0.2) is 23.4 Å². The normalized spacial score (nSPS) is 28.5. The summed E-state index contributed by atoms with van der Waals surface area (Å²) in [6.45, 7) is -4.57. The van der Waals surface area contributed by atoms with Crippen molar-refractivity contribution in [2.75, 3.05) is 24.7 Å². The number of rotatable bonds is 8. The highest BCUT2D eigenvalue weighted by molar-refractivity contribution is 8.07. The Morgan fingerprint density at radius 1 is 1.25 bits per heavy atom. The summed E-state index contributed by atoms with van der Waals surface area (Å²) in [7, 11) is 0. The molecule has 0 bridgehead atoms. The number of aromatic amines is 1. The van der Waals surface area contributed by atoms with Gasteiger partial charge >= 0.3 is 6.72 Å². The summed E-state index contributed by atoms with van der Waals surface area (Å²) in [5.74, 6) is 0.158. The number of aliphatic hydroxyl groups excluding tert-OH is 2. The number of hydrogen-bond acceptors (Lipinski definition) is 15. The molecule has 40 heavy (non-hydrogen) atoms. The first-order chi connectivity index (χ1) is 19.1. The van der Waals surface area contributed by atoms with Crippen molar-refractivity contribution in [2.45, 2.75) is 49.7 Å². The van der Waals surface area contributed by atoms with Crippen molar-refractivity contribution in [3.63, 3.8) is 0 Å². The molecule has 20 heteroatoms. The Hall–Kier alpha value is -3.13. The van der Waals surface area contributed by atoms with E-state index in [-0.39, 0.29) is 43.2 Å². The molecule has 0 radical (unpaired) electrons. The maximum atomic E-state index is 12.2. The van der Waals surface area contributed by atoms with E-state index >= 15 is 0 Å². The Bertz CT molecular complexity index is 1660. The highest BCUT2D eigenvalue weighted by Crippen LogP contribution is 2.50. The van der Waals surface area contributed by atoms with Crippen molar-refractivity contribution in [1.82, 2.24) is 39.5 Å². The predicted molar refractivity (Wildman–Crippen MR) is 140 cm³/mol. The van der Waals surface area contributed by atoms with Crippen LogP contribution in [0, 0.1) is 0 Å². The van der Waals surface area contributed by atoms with Gasteiger partial charge in [0, 0.05) is 19.0 Å². The number of nitrogens with one attached hydrogen (secondary N) is 1. The fourth-order valence-electron chi connectivity index (χ4n) is 4.80. The molecule has 6 heterocycles. The molecule has 4 aromatic rings. The second-order valence-electron chi connectivity index (χ2n) is 9.28. The highest BCUT2D eigenvalue weighted by Gasteiger charge is 2.43. The van der Waals surface area contributed by atoms with E-state index in [9.17, 15) is 19.9 Å². The lowest BCUT2D eigenvalue weighted by molar-refractivity contribution is -0.0590. The second-order valence-corrected chi connectivity index (χ2v) is 12.1. The smallest absolute Gasteiger partial charge is 0.325 e. The van der Waals surface area contributed by atoms with E-state index in [2.05, 4.69) is 30.2 Å². The minimum atomic E-state index is -3.94. The summed E-state index contributed by atoms with van der Waals surface area (Å²) in [6, 6.07) is 1.75. The van der Waals surface area contributed by atoms with Crippen LogP contribution in [0.25, 0.3) is 22.2 Å². The van der Waals surface area contributed by atoms with Gasteiger partial charge in [-0.25, -0.2) is 9.97 Å². The number of fused-ring (bicyclic) bond motifs is 2. The van der Waals surface area contributed by atoms with Gasteiger partial charge in [0.25, 0.3) is 5.56 Å². The van der Waals surface area contributed by atoms with Gasteiger partial charge in [-0.05, 0) is 17.9 Å². The molecular weight excluding hydrogens is 571 g/mol. The fourth-order valence-corrected chi connectivity index (χ4v) is 6.24. The van der Waals surface area contributed by atoms with Crippen LogP contribution in [0.3, 0.4) is 0 Å². The molecule has 0 saturated carbocycles. The molecule has 18 nitrogen and oxygen atoms in total. The Kier molecular flexibility index (Phi) is 7.01. The second kappa shape index (κ2) is 10.4. The maximum absolute atomic E-state index is 12.2. The van der Waals surface area contributed by atoms with Gasteiger partial charge in [0.05, 0.1) is 30.8 Å². The van der Waals surface area contributed by atoms with Crippen molar-refractivity contribution >= 4 is 52.5 Å². The fraction of sp³-hybridized carbons (Fsp3) is 0.500. The van der Waals surface area contributed by atoms with Crippen LogP contribution in [0.1, 0.15) is 25.3 Å². The zero-order valence-corrected chi connectivity index (χ0v) is 22.3. The van der Waals surface area contributed by atoms with Crippen molar-refractivity contribution in [3.05, 3.63) is 28.9 Å². The topological polar surface area (TPSA) is 257 Å². The summed E-state index contributed by atoms with van der Waals surface area (Å²) in [6.07, 6.45) is -1.66. The van der Waals surface area contributed by atoms with E-state index in [4.69, 9.17) is 41.8 Å². The average Bonchev–Trinajstić information content (AvgIpc) is 3.68. The first kappa shape index (κ1) is 27.1. The lowest BCUT2D eigenvalue weighted by Crippen LogP contribution is -2.27. The molecule has 2 saturated heterocycles. The number of aromatic nitrogens is 8. The summed E-state index contributed by atoms with van der Waals surface area (Å²) >= 11 is 5.23. The summed E-state index contributed by atoms with van der Waals surface area (Å²) < 4.78 is 26.0. The molecule has 0 spiro atoms. The molecule has 2 fully saturated rings. The Labute approximate surface area is 229 Å². The maximum Gasteiger partial charge on any atom is 0.325 e.